The summed E-state index contributed by atoms with van der Waals surface area (Å²) in [7, 11) is 0. The zero-order valence-electron chi connectivity index (χ0n) is 15.6. The summed E-state index contributed by atoms with van der Waals surface area (Å²) in [6.45, 7) is 5.31. The van der Waals surface area contributed by atoms with Crippen LogP contribution in [0.3, 0.4) is 0 Å². The van der Waals surface area contributed by atoms with Crippen molar-refractivity contribution in [2.45, 2.75) is 33.5 Å². The van der Waals surface area contributed by atoms with E-state index in [1.807, 2.05) is 37.3 Å². The molecule has 0 spiro atoms. The van der Waals surface area contributed by atoms with Crippen molar-refractivity contribution in [3.63, 3.8) is 0 Å². The van der Waals surface area contributed by atoms with Crippen LogP contribution in [0.5, 0.6) is 0 Å². The molecule has 0 atom stereocenters. The number of fused-ring (bicyclic) bond motifs is 1. The minimum Gasteiger partial charge on any atom is -0.377 e. The fourth-order valence-electron chi connectivity index (χ4n) is 2.84. The number of hydrogen-bond acceptors (Lipinski definition) is 4. The number of aryl methyl sites for hydroxylation is 1. The van der Waals surface area contributed by atoms with E-state index in [0.29, 0.717) is 36.5 Å². The highest BCUT2D eigenvalue weighted by atomic mass is 16.5. The molecule has 1 aromatic heterocycles. The molecule has 1 heterocycles. The third-order valence-electron chi connectivity index (χ3n) is 4.34. The van der Waals surface area contributed by atoms with Gasteiger partial charge >= 0.3 is 0 Å². The van der Waals surface area contributed by atoms with Crippen molar-refractivity contribution in [3.05, 3.63) is 75.8 Å². The molecule has 1 N–H and O–H groups in total. The smallest absolute Gasteiger partial charge is 0.261 e. The first kappa shape index (κ1) is 18.8. The first-order chi connectivity index (χ1) is 13.1. The topological polar surface area (TPSA) is 73.2 Å². The molecular weight excluding hydrogens is 342 g/mol. The summed E-state index contributed by atoms with van der Waals surface area (Å²) in [6.07, 6.45) is 0. The lowest BCUT2D eigenvalue weighted by molar-refractivity contribution is -0.121. The van der Waals surface area contributed by atoms with Crippen LogP contribution in [0.25, 0.3) is 10.9 Å². The van der Waals surface area contributed by atoms with Crippen LogP contribution < -0.4 is 10.9 Å². The van der Waals surface area contributed by atoms with Crippen LogP contribution in [-0.2, 0) is 29.2 Å². The molecule has 27 heavy (non-hydrogen) atoms. The van der Waals surface area contributed by atoms with Gasteiger partial charge in [-0.2, -0.15) is 0 Å². The second kappa shape index (κ2) is 8.60. The molecule has 3 aromatic rings. The summed E-state index contributed by atoms with van der Waals surface area (Å²) in [5.41, 5.74) is 2.53. The third-order valence-corrected chi connectivity index (χ3v) is 4.34. The summed E-state index contributed by atoms with van der Waals surface area (Å²) in [5.74, 6) is 0.296. The number of nitrogens with zero attached hydrogens (tertiary/aromatic N) is 2. The monoisotopic (exact) mass is 365 g/mol. The highest BCUT2D eigenvalue weighted by Gasteiger charge is 2.11. The number of carbonyl (C=O) groups excluding carboxylic acids is 1. The molecule has 0 radical (unpaired) electrons. The predicted molar refractivity (Wildman–Crippen MR) is 104 cm³/mol. The number of rotatable bonds is 7. The van der Waals surface area contributed by atoms with E-state index in [1.54, 1.807) is 25.1 Å². The third kappa shape index (κ3) is 4.60. The SMILES string of the molecule is CCOCc1ccc(CNC(=O)Cn2c(C)nc3ccccc3c2=O)cc1. The Morgan fingerprint density at radius 2 is 1.81 bits per heavy atom. The molecule has 2 aromatic carbocycles. The quantitative estimate of drug-likeness (QED) is 0.698. The average Bonchev–Trinajstić information content (AvgIpc) is 2.69. The molecule has 0 bridgehead atoms. The number of hydrogen-bond donors (Lipinski definition) is 1. The van der Waals surface area contributed by atoms with E-state index in [-0.39, 0.29) is 18.0 Å². The Kier molecular flexibility index (Phi) is 5.98. The van der Waals surface area contributed by atoms with Crippen LogP contribution in [0.2, 0.25) is 0 Å². The summed E-state index contributed by atoms with van der Waals surface area (Å²) in [4.78, 5) is 29.3. The first-order valence-electron chi connectivity index (χ1n) is 8.97. The van der Waals surface area contributed by atoms with Crippen LogP contribution in [0, 0.1) is 6.92 Å². The molecule has 3 rings (SSSR count). The molecule has 0 saturated heterocycles. The van der Waals surface area contributed by atoms with Gasteiger partial charge in [-0.05, 0) is 37.1 Å². The molecule has 1 amide bonds. The normalized spacial score (nSPS) is 10.9. The zero-order chi connectivity index (χ0) is 19.2. The van der Waals surface area contributed by atoms with E-state index >= 15 is 0 Å². The van der Waals surface area contributed by atoms with E-state index in [1.165, 1.54) is 4.57 Å². The number of carbonyl (C=O) groups is 1. The number of amides is 1. The van der Waals surface area contributed by atoms with Crippen molar-refractivity contribution in [2.24, 2.45) is 0 Å². The van der Waals surface area contributed by atoms with Crippen molar-refractivity contribution in [1.29, 1.82) is 0 Å². The average molecular weight is 365 g/mol. The Bertz CT molecular complexity index is 994. The number of ether oxygens (including phenoxy) is 1. The standard InChI is InChI=1S/C21H23N3O3/c1-3-27-14-17-10-8-16(9-11-17)12-22-20(25)13-24-15(2)23-19-7-5-4-6-18(19)21(24)26/h4-11H,3,12-14H2,1-2H3,(H,22,25). The summed E-state index contributed by atoms with van der Waals surface area (Å²) in [6, 6.07) is 15.0. The lowest BCUT2D eigenvalue weighted by Crippen LogP contribution is -2.33. The van der Waals surface area contributed by atoms with E-state index in [9.17, 15) is 9.59 Å². The molecule has 0 fully saturated rings. The Balaban J connectivity index is 1.64. The van der Waals surface area contributed by atoms with Gasteiger partial charge < -0.3 is 10.1 Å². The molecule has 6 heteroatoms. The maximum Gasteiger partial charge on any atom is 0.261 e. The van der Waals surface area contributed by atoms with Gasteiger partial charge in [0.15, 0.2) is 0 Å². The minimum absolute atomic E-state index is 0.0507. The minimum atomic E-state index is -0.226. The van der Waals surface area contributed by atoms with Gasteiger partial charge in [0.05, 0.1) is 17.5 Å². The Hall–Kier alpha value is -2.99. The van der Waals surface area contributed by atoms with Gasteiger partial charge in [-0.3, -0.25) is 14.2 Å². The van der Waals surface area contributed by atoms with E-state index in [2.05, 4.69) is 10.3 Å². The zero-order valence-corrected chi connectivity index (χ0v) is 15.6. The van der Waals surface area contributed by atoms with E-state index in [4.69, 9.17) is 4.74 Å². The van der Waals surface area contributed by atoms with Crippen LogP contribution in [-0.4, -0.2) is 22.1 Å². The van der Waals surface area contributed by atoms with Gasteiger partial charge in [-0.1, -0.05) is 36.4 Å². The largest absolute Gasteiger partial charge is 0.377 e. The number of para-hydroxylation sites is 1. The lowest BCUT2D eigenvalue weighted by atomic mass is 10.1. The van der Waals surface area contributed by atoms with Gasteiger partial charge in [-0.15, -0.1) is 0 Å². The Labute approximate surface area is 157 Å². The molecular formula is C21H23N3O3. The van der Waals surface area contributed by atoms with Crippen molar-refractivity contribution in [1.82, 2.24) is 14.9 Å². The highest BCUT2D eigenvalue weighted by Crippen LogP contribution is 2.08. The maximum absolute atomic E-state index is 12.6. The molecule has 0 saturated carbocycles. The molecule has 0 aliphatic rings. The van der Waals surface area contributed by atoms with Crippen LogP contribution in [0.1, 0.15) is 23.9 Å². The first-order valence-corrected chi connectivity index (χ1v) is 8.97. The van der Waals surface area contributed by atoms with Gasteiger partial charge in [0.1, 0.15) is 12.4 Å². The van der Waals surface area contributed by atoms with Crippen molar-refractivity contribution < 1.29 is 9.53 Å². The summed E-state index contributed by atoms with van der Waals surface area (Å²) in [5, 5.41) is 3.37. The lowest BCUT2D eigenvalue weighted by Gasteiger charge is -2.11. The number of nitrogens with one attached hydrogen (secondary N) is 1. The van der Waals surface area contributed by atoms with Crippen LogP contribution in [0.15, 0.2) is 53.3 Å². The maximum atomic E-state index is 12.6. The molecule has 0 aliphatic heterocycles. The Morgan fingerprint density at radius 3 is 2.56 bits per heavy atom. The molecule has 6 nitrogen and oxygen atoms in total. The van der Waals surface area contributed by atoms with Crippen molar-refractivity contribution >= 4 is 16.8 Å². The Morgan fingerprint density at radius 1 is 1.11 bits per heavy atom. The number of benzene rings is 2. The van der Waals surface area contributed by atoms with E-state index in [0.717, 1.165) is 11.1 Å². The predicted octanol–water partition coefficient (Wildman–Crippen LogP) is 2.56. The van der Waals surface area contributed by atoms with Gasteiger partial charge in [-0.25, -0.2) is 4.98 Å². The van der Waals surface area contributed by atoms with Gasteiger partial charge in [0.2, 0.25) is 5.91 Å². The van der Waals surface area contributed by atoms with Gasteiger partial charge in [0, 0.05) is 13.2 Å². The summed E-state index contributed by atoms with van der Waals surface area (Å²) < 4.78 is 6.77. The van der Waals surface area contributed by atoms with Crippen molar-refractivity contribution in [2.75, 3.05) is 6.61 Å². The fourth-order valence-corrected chi connectivity index (χ4v) is 2.84. The fraction of sp³-hybridized carbons (Fsp3) is 0.286. The van der Waals surface area contributed by atoms with E-state index < -0.39 is 0 Å². The molecule has 0 unspecified atom stereocenters. The van der Waals surface area contributed by atoms with Crippen LogP contribution in [0.4, 0.5) is 0 Å². The second-order valence-electron chi connectivity index (χ2n) is 6.30. The highest BCUT2D eigenvalue weighted by molar-refractivity contribution is 5.79. The van der Waals surface area contributed by atoms with Crippen molar-refractivity contribution in [3.8, 4) is 0 Å². The molecule has 140 valence electrons. The summed E-state index contributed by atoms with van der Waals surface area (Å²) >= 11 is 0. The molecule has 0 aliphatic carbocycles. The van der Waals surface area contributed by atoms with Gasteiger partial charge in [0.25, 0.3) is 5.56 Å². The second-order valence-corrected chi connectivity index (χ2v) is 6.30. The number of aromatic nitrogens is 2. The van der Waals surface area contributed by atoms with Crippen LogP contribution >= 0.6 is 0 Å².